The van der Waals surface area contributed by atoms with E-state index in [-0.39, 0.29) is 29.8 Å². The van der Waals surface area contributed by atoms with E-state index in [4.69, 9.17) is 9.84 Å². The molecule has 0 saturated carbocycles. The number of anilines is 1. The van der Waals surface area contributed by atoms with E-state index < -0.39 is 17.7 Å². The molecule has 0 bridgehead atoms. The van der Waals surface area contributed by atoms with Crippen LogP contribution in [0.5, 0.6) is 0 Å². The van der Waals surface area contributed by atoms with Crippen LogP contribution in [0.1, 0.15) is 17.3 Å². The zero-order valence-corrected chi connectivity index (χ0v) is 11.6. The number of carbonyl (C=O) groups excluding carboxylic acids is 1. The predicted octanol–water partition coefficient (Wildman–Crippen LogP) is 1.09. The number of rotatable bonds is 5. The van der Waals surface area contributed by atoms with Crippen LogP contribution in [-0.2, 0) is 9.53 Å². The van der Waals surface area contributed by atoms with Gasteiger partial charge in [-0.1, -0.05) is 6.92 Å². The highest BCUT2D eigenvalue weighted by Gasteiger charge is 2.33. The average Bonchev–Trinajstić information content (AvgIpc) is 2.89. The molecule has 0 spiro atoms. The third kappa shape index (κ3) is 3.56. The topological polar surface area (TPSA) is 87.7 Å². The highest BCUT2D eigenvalue weighted by Crippen LogP contribution is 2.20. The summed E-state index contributed by atoms with van der Waals surface area (Å²) in [5.41, 5.74) is -0.202. The minimum Gasteiger partial charge on any atom is -0.478 e. The molecule has 2 unspecified atom stereocenters. The van der Waals surface area contributed by atoms with Gasteiger partial charge in [0.25, 0.3) is 0 Å². The molecule has 1 aliphatic heterocycles. The van der Waals surface area contributed by atoms with E-state index in [0.29, 0.717) is 13.2 Å². The number of carboxylic acids is 1. The molecule has 7 heteroatoms. The van der Waals surface area contributed by atoms with E-state index >= 15 is 0 Å². The van der Waals surface area contributed by atoms with Crippen molar-refractivity contribution in [1.29, 1.82) is 0 Å². The van der Waals surface area contributed by atoms with Crippen LogP contribution in [0.25, 0.3) is 0 Å². The fourth-order valence-corrected chi connectivity index (χ4v) is 2.25. The van der Waals surface area contributed by atoms with Crippen LogP contribution in [0.3, 0.4) is 0 Å². The quantitative estimate of drug-likeness (QED) is 0.757. The molecule has 1 aliphatic rings. The largest absolute Gasteiger partial charge is 0.478 e. The number of amides is 1. The van der Waals surface area contributed by atoms with Gasteiger partial charge in [-0.2, -0.15) is 0 Å². The zero-order chi connectivity index (χ0) is 15.4. The SMILES string of the molecule is CCNC1COCC1C(=O)Nc1ccc(C(=O)O)cc1F. The van der Waals surface area contributed by atoms with Gasteiger partial charge >= 0.3 is 5.97 Å². The molecule has 1 aromatic rings. The highest BCUT2D eigenvalue weighted by atomic mass is 19.1. The zero-order valence-electron chi connectivity index (χ0n) is 11.6. The van der Waals surface area contributed by atoms with Gasteiger partial charge in [-0.05, 0) is 24.7 Å². The average molecular weight is 296 g/mol. The first kappa shape index (κ1) is 15.4. The molecule has 21 heavy (non-hydrogen) atoms. The van der Waals surface area contributed by atoms with Crippen LogP contribution in [-0.4, -0.2) is 42.8 Å². The maximum atomic E-state index is 13.8. The lowest BCUT2D eigenvalue weighted by Gasteiger charge is -2.18. The van der Waals surface area contributed by atoms with E-state index in [2.05, 4.69) is 10.6 Å². The van der Waals surface area contributed by atoms with Crippen molar-refractivity contribution in [1.82, 2.24) is 5.32 Å². The molecular weight excluding hydrogens is 279 g/mol. The van der Waals surface area contributed by atoms with E-state index in [1.807, 2.05) is 6.92 Å². The second kappa shape index (κ2) is 6.64. The number of hydrogen-bond donors (Lipinski definition) is 3. The molecular formula is C14H17FN2O4. The number of halogens is 1. The first-order chi connectivity index (χ1) is 10.0. The molecule has 114 valence electrons. The highest BCUT2D eigenvalue weighted by molar-refractivity contribution is 5.94. The molecule has 2 atom stereocenters. The Balaban J connectivity index is 2.07. The van der Waals surface area contributed by atoms with Gasteiger partial charge in [0.1, 0.15) is 5.82 Å². The van der Waals surface area contributed by atoms with Crippen LogP contribution in [0.15, 0.2) is 18.2 Å². The van der Waals surface area contributed by atoms with Crippen molar-refractivity contribution >= 4 is 17.6 Å². The van der Waals surface area contributed by atoms with Crippen LogP contribution >= 0.6 is 0 Å². The predicted molar refractivity (Wildman–Crippen MR) is 73.8 cm³/mol. The van der Waals surface area contributed by atoms with Gasteiger partial charge in [0.15, 0.2) is 0 Å². The fraction of sp³-hybridized carbons (Fsp3) is 0.429. The van der Waals surface area contributed by atoms with E-state index in [9.17, 15) is 14.0 Å². The minimum absolute atomic E-state index is 0.0350. The molecule has 0 aliphatic carbocycles. The van der Waals surface area contributed by atoms with E-state index in [1.54, 1.807) is 0 Å². The molecule has 0 radical (unpaired) electrons. The Morgan fingerprint density at radius 3 is 2.81 bits per heavy atom. The minimum atomic E-state index is -1.22. The van der Waals surface area contributed by atoms with Gasteiger partial charge < -0.3 is 20.5 Å². The Morgan fingerprint density at radius 1 is 1.43 bits per heavy atom. The lowest BCUT2D eigenvalue weighted by Crippen LogP contribution is -2.41. The number of carbonyl (C=O) groups is 2. The molecule has 1 fully saturated rings. The first-order valence-corrected chi connectivity index (χ1v) is 6.67. The fourth-order valence-electron chi connectivity index (χ4n) is 2.25. The summed E-state index contributed by atoms with van der Waals surface area (Å²) in [5.74, 6) is -2.74. The van der Waals surface area contributed by atoms with Crippen LogP contribution in [0.2, 0.25) is 0 Å². The molecule has 1 amide bonds. The summed E-state index contributed by atoms with van der Waals surface area (Å²) in [6.45, 7) is 3.35. The molecule has 6 nitrogen and oxygen atoms in total. The standard InChI is InChI=1S/C14H17FN2O4/c1-2-16-12-7-21-6-9(12)13(18)17-11-4-3-8(14(19)20)5-10(11)15/h3-5,9,12,16H,2,6-7H2,1H3,(H,17,18)(H,19,20). The maximum Gasteiger partial charge on any atom is 0.335 e. The summed E-state index contributed by atoms with van der Waals surface area (Å²) < 4.78 is 19.0. The number of ether oxygens (including phenoxy) is 1. The number of likely N-dealkylation sites (N-methyl/N-ethyl adjacent to an activating group) is 1. The summed E-state index contributed by atoms with van der Waals surface area (Å²) in [5, 5.41) is 14.4. The molecule has 3 N–H and O–H groups in total. The van der Waals surface area contributed by atoms with Gasteiger partial charge in [-0.25, -0.2) is 9.18 Å². The van der Waals surface area contributed by atoms with Crippen molar-refractivity contribution in [3.8, 4) is 0 Å². The van der Waals surface area contributed by atoms with Gasteiger partial charge in [0.05, 0.1) is 30.4 Å². The third-order valence-electron chi connectivity index (χ3n) is 3.36. The van der Waals surface area contributed by atoms with E-state index in [0.717, 1.165) is 6.07 Å². The number of nitrogens with one attached hydrogen (secondary N) is 2. The van der Waals surface area contributed by atoms with Gasteiger partial charge in [-0.3, -0.25) is 4.79 Å². The van der Waals surface area contributed by atoms with Crippen molar-refractivity contribution < 1.29 is 23.8 Å². The summed E-state index contributed by atoms with van der Waals surface area (Å²) in [4.78, 5) is 22.9. The lowest BCUT2D eigenvalue weighted by molar-refractivity contribution is -0.120. The molecule has 2 rings (SSSR count). The van der Waals surface area contributed by atoms with Crippen LogP contribution in [0.4, 0.5) is 10.1 Å². The number of aromatic carboxylic acids is 1. The number of benzene rings is 1. The molecule has 1 aromatic carbocycles. The summed E-state index contributed by atoms with van der Waals surface area (Å²) >= 11 is 0. The van der Waals surface area contributed by atoms with E-state index in [1.165, 1.54) is 12.1 Å². The van der Waals surface area contributed by atoms with Gasteiger partial charge in [0.2, 0.25) is 5.91 Å². The third-order valence-corrected chi connectivity index (χ3v) is 3.36. The van der Waals surface area contributed by atoms with Crippen LogP contribution in [0, 0.1) is 11.7 Å². The Labute approximate surface area is 121 Å². The second-order valence-electron chi connectivity index (χ2n) is 4.80. The monoisotopic (exact) mass is 296 g/mol. The first-order valence-electron chi connectivity index (χ1n) is 6.67. The Morgan fingerprint density at radius 2 is 2.19 bits per heavy atom. The van der Waals surface area contributed by atoms with Crippen molar-refractivity contribution in [2.45, 2.75) is 13.0 Å². The summed E-state index contributed by atoms with van der Waals surface area (Å²) in [6.07, 6.45) is 0. The van der Waals surface area contributed by atoms with Gasteiger partial charge in [0, 0.05) is 6.04 Å². The Kier molecular flexibility index (Phi) is 4.87. The summed E-state index contributed by atoms with van der Waals surface area (Å²) in [6, 6.07) is 3.27. The van der Waals surface area contributed by atoms with Crippen molar-refractivity contribution in [3.63, 3.8) is 0 Å². The molecule has 1 saturated heterocycles. The van der Waals surface area contributed by atoms with Crippen LogP contribution < -0.4 is 10.6 Å². The normalized spacial score (nSPS) is 21.2. The molecule has 0 aromatic heterocycles. The second-order valence-corrected chi connectivity index (χ2v) is 4.80. The maximum absolute atomic E-state index is 13.8. The molecule has 1 heterocycles. The van der Waals surface area contributed by atoms with Gasteiger partial charge in [-0.15, -0.1) is 0 Å². The lowest BCUT2D eigenvalue weighted by atomic mass is 10.0. The summed E-state index contributed by atoms with van der Waals surface area (Å²) in [7, 11) is 0. The van der Waals surface area contributed by atoms with Crippen molar-refractivity contribution in [2.75, 3.05) is 25.1 Å². The Hall–Kier alpha value is -1.99. The van der Waals surface area contributed by atoms with Crippen molar-refractivity contribution in [3.05, 3.63) is 29.6 Å². The smallest absolute Gasteiger partial charge is 0.335 e. The number of carboxylic acid groups (broad SMARTS) is 1. The number of hydrogen-bond acceptors (Lipinski definition) is 4. The van der Waals surface area contributed by atoms with Crippen molar-refractivity contribution in [2.24, 2.45) is 5.92 Å². The Bertz CT molecular complexity index is 550.